The molecule has 0 spiro atoms. The third-order valence-corrected chi connectivity index (χ3v) is 4.19. The molecule has 0 fully saturated rings. The molecule has 16 heavy (non-hydrogen) atoms. The molecule has 3 heteroatoms. The van der Waals surface area contributed by atoms with Crippen molar-refractivity contribution in [2.75, 3.05) is 0 Å². The number of rotatable bonds is 4. The molecule has 0 bridgehead atoms. The Balaban J connectivity index is 2.06. The fraction of sp³-hybridized carbons (Fsp3) is 0.538. The van der Waals surface area contributed by atoms with E-state index in [4.69, 9.17) is 5.84 Å². The van der Waals surface area contributed by atoms with Crippen molar-refractivity contribution in [1.29, 1.82) is 0 Å². The van der Waals surface area contributed by atoms with Crippen molar-refractivity contribution in [2.24, 2.45) is 5.84 Å². The van der Waals surface area contributed by atoms with Crippen molar-refractivity contribution in [3.05, 3.63) is 33.5 Å². The molecule has 88 valence electrons. The van der Waals surface area contributed by atoms with Crippen LogP contribution < -0.4 is 11.3 Å². The SMILES string of the molecule is Cc1sccc1C(CC1=CCCCC1)NN. The Bertz CT molecular complexity index is 368. The topological polar surface area (TPSA) is 38.0 Å². The van der Waals surface area contributed by atoms with E-state index in [0.29, 0.717) is 0 Å². The van der Waals surface area contributed by atoms with E-state index in [1.54, 1.807) is 16.9 Å². The fourth-order valence-corrected chi connectivity index (χ4v) is 3.13. The molecular formula is C13H20N2S. The Morgan fingerprint density at radius 2 is 2.38 bits per heavy atom. The van der Waals surface area contributed by atoms with Gasteiger partial charge in [0.2, 0.25) is 0 Å². The molecule has 0 aromatic carbocycles. The van der Waals surface area contributed by atoms with E-state index in [1.807, 2.05) is 0 Å². The van der Waals surface area contributed by atoms with Gasteiger partial charge in [-0.05, 0) is 56.0 Å². The molecule has 0 saturated carbocycles. The van der Waals surface area contributed by atoms with Crippen molar-refractivity contribution >= 4 is 11.3 Å². The lowest BCUT2D eigenvalue weighted by Crippen LogP contribution is -2.28. The van der Waals surface area contributed by atoms with Crippen LogP contribution in [0.5, 0.6) is 0 Å². The van der Waals surface area contributed by atoms with Crippen LogP contribution >= 0.6 is 11.3 Å². The largest absolute Gasteiger partial charge is 0.271 e. The van der Waals surface area contributed by atoms with Crippen LogP contribution in [-0.4, -0.2) is 0 Å². The monoisotopic (exact) mass is 236 g/mol. The van der Waals surface area contributed by atoms with E-state index >= 15 is 0 Å². The molecule has 1 heterocycles. The van der Waals surface area contributed by atoms with Gasteiger partial charge in [-0.1, -0.05) is 11.6 Å². The number of aryl methyl sites for hydroxylation is 1. The van der Waals surface area contributed by atoms with Gasteiger partial charge < -0.3 is 0 Å². The van der Waals surface area contributed by atoms with E-state index in [9.17, 15) is 0 Å². The molecular weight excluding hydrogens is 216 g/mol. The van der Waals surface area contributed by atoms with Gasteiger partial charge in [-0.2, -0.15) is 0 Å². The number of hydrazine groups is 1. The molecule has 0 radical (unpaired) electrons. The summed E-state index contributed by atoms with van der Waals surface area (Å²) in [5.41, 5.74) is 5.89. The zero-order valence-corrected chi connectivity index (χ0v) is 10.6. The van der Waals surface area contributed by atoms with Crippen LogP contribution in [-0.2, 0) is 0 Å². The number of nitrogens with one attached hydrogen (secondary N) is 1. The second kappa shape index (κ2) is 5.62. The summed E-state index contributed by atoms with van der Waals surface area (Å²) in [7, 11) is 0. The quantitative estimate of drug-likeness (QED) is 0.477. The van der Waals surface area contributed by atoms with E-state index in [2.05, 4.69) is 29.9 Å². The normalized spacial score (nSPS) is 18.2. The van der Waals surface area contributed by atoms with Crippen LogP contribution in [0.15, 0.2) is 23.1 Å². The highest BCUT2D eigenvalue weighted by molar-refractivity contribution is 7.10. The van der Waals surface area contributed by atoms with Gasteiger partial charge in [0.05, 0.1) is 6.04 Å². The highest BCUT2D eigenvalue weighted by Crippen LogP contribution is 2.30. The molecule has 1 aliphatic rings. The lowest BCUT2D eigenvalue weighted by molar-refractivity contribution is 0.528. The van der Waals surface area contributed by atoms with Crippen molar-refractivity contribution in [3.63, 3.8) is 0 Å². The minimum Gasteiger partial charge on any atom is -0.271 e. The van der Waals surface area contributed by atoms with E-state index in [-0.39, 0.29) is 6.04 Å². The van der Waals surface area contributed by atoms with Gasteiger partial charge in [0.25, 0.3) is 0 Å². The lowest BCUT2D eigenvalue weighted by Gasteiger charge is -2.20. The average molecular weight is 236 g/mol. The first kappa shape index (κ1) is 11.8. The van der Waals surface area contributed by atoms with Gasteiger partial charge in [0.1, 0.15) is 0 Å². The molecule has 0 aliphatic heterocycles. The van der Waals surface area contributed by atoms with E-state index in [1.165, 1.54) is 36.1 Å². The van der Waals surface area contributed by atoms with Gasteiger partial charge in [-0.15, -0.1) is 11.3 Å². The second-order valence-corrected chi connectivity index (χ2v) is 5.58. The molecule has 1 unspecified atom stereocenters. The molecule has 1 aromatic rings. The summed E-state index contributed by atoms with van der Waals surface area (Å²) in [6.07, 6.45) is 8.65. The molecule has 2 rings (SSSR count). The van der Waals surface area contributed by atoms with E-state index in [0.717, 1.165) is 6.42 Å². The maximum absolute atomic E-state index is 5.68. The highest BCUT2D eigenvalue weighted by atomic mass is 32.1. The standard InChI is InChI=1S/C13H20N2S/c1-10-12(7-8-16-10)13(15-14)9-11-5-3-2-4-6-11/h5,7-8,13,15H,2-4,6,9,14H2,1H3. The van der Waals surface area contributed by atoms with Crippen LogP contribution in [0, 0.1) is 6.92 Å². The Labute approximate surface area is 102 Å². The van der Waals surface area contributed by atoms with Crippen LogP contribution in [0.25, 0.3) is 0 Å². The van der Waals surface area contributed by atoms with Crippen LogP contribution in [0.4, 0.5) is 0 Å². The Morgan fingerprint density at radius 1 is 1.50 bits per heavy atom. The summed E-state index contributed by atoms with van der Waals surface area (Å²) in [6, 6.07) is 2.48. The number of nitrogens with two attached hydrogens (primary N) is 1. The molecule has 1 aromatic heterocycles. The van der Waals surface area contributed by atoms with Crippen LogP contribution in [0.2, 0.25) is 0 Å². The molecule has 0 amide bonds. The molecule has 2 nitrogen and oxygen atoms in total. The maximum atomic E-state index is 5.68. The third kappa shape index (κ3) is 2.73. The Morgan fingerprint density at radius 3 is 2.94 bits per heavy atom. The predicted molar refractivity (Wildman–Crippen MR) is 70.3 cm³/mol. The van der Waals surface area contributed by atoms with Crippen LogP contribution in [0.3, 0.4) is 0 Å². The summed E-state index contributed by atoms with van der Waals surface area (Å²) in [5.74, 6) is 5.68. The zero-order valence-electron chi connectivity index (χ0n) is 9.83. The summed E-state index contributed by atoms with van der Waals surface area (Å²) >= 11 is 1.80. The summed E-state index contributed by atoms with van der Waals surface area (Å²) < 4.78 is 0. The number of hydrogen-bond acceptors (Lipinski definition) is 3. The van der Waals surface area contributed by atoms with Crippen molar-refractivity contribution in [1.82, 2.24) is 5.43 Å². The Kier molecular flexibility index (Phi) is 4.16. The van der Waals surface area contributed by atoms with Gasteiger partial charge in [0, 0.05) is 4.88 Å². The second-order valence-electron chi connectivity index (χ2n) is 4.46. The van der Waals surface area contributed by atoms with Crippen molar-refractivity contribution < 1.29 is 0 Å². The van der Waals surface area contributed by atoms with Crippen LogP contribution in [0.1, 0.15) is 48.6 Å². The first-order valence-electron chi connectivity index (χ1n) is 5.99. The summed E-state index contributed by atoms with van der Waals surface area (Å²) in [4.78, 5) is 1.37. The first-order valence-corrected chi connectivity index (χ1v) is 6.87. The lowest BCUT2D eigenvalue weighted by atomic mass is 9.92. The first-order chi connectivity index (χ1) is 7.81. The molecule has 1 aliphatic carbocycles. The molecule has 3 N–H and O–H groups in total. The smallest absolute Gasteiger partial charge is 0.0507 e. The van der Waals surface area contributed by atoms with Crippen molar-refractivity contribution in [3.8, 4) is 0 Å². The summed E-state index contributed by atoms with van der Waals surface area (Å²) in [5, 5.41) is 2.14. The molecule has 1 atom stereocenters. The summed E-state index contributed by atoms with van der Waals surface area (Å²) in [6.45, 7) is 2.17. The van der Waals surface area contributed by atoms with Crippen molar-refractivity contribution in [2.45, 2.75) is 45.1 Å². The third-order valence-electron chi connectivity index (χ3n) is 3.33. The van der Waals surface area contributed by atoms with E-state index < -0.39 is 0 Å². The highest BCUT2D eigenvalue weighted by Gasteiger charge is 2.15. The van der Waals surface area contributed by atoms with Gasteiger partial charge >= 0.3 is 0 Å². The molecule has 0 saturated heterocycles. The number of allylic oxidation sites excluding steroid dienone is 1. The predicted octanol–water partition coefficient (Wildman–Crippen LogP) is 3.45. The Hall–Kier alpha value is -0.640. The number of thiophene rings is 1. The number of hydrogen-bond donors (Lipinski definition) is 2. The average Bonchev–Trinajstić information content (AvgIpc) is 2.74. The minimum absolute atomic E-state index is 0.288. The zero-order chi connectivity index (χ0) is 11.4. The fourth-order valence-electron chi connectivity index (χ4n) is 2.37. The van der Waals surface area contributed by atoms with Gasteiger partial charge in [-0.3, -0.25) is 11.3 Å². The van der Waals surface area contributed by atoms with Gasteiger partial charge in [-0.25, -0.2) is 0 Å². The minimum atomic E-state index is 0.288. The van der Waals surface area contributed by atoms with Gasteiger partial charge in [0.15, 0.2) is 0 Å². The maximum Gasteiger partial charge on any atom is 0.0507 e.